The third-order valence-electron chi connectivity index (χ3n) is 5.25. The summed E-state index contributed by atoms with van der Waals surface area (Å²) in [7, 11) is 1.54. The normalized spacial score (nSPS) is 13.8. The Morgan fingerprint density at radius 2 is 2.00 bits per heavy atom. The van der Waals surface area contributed by atoms with E-state index in [0.29, 0.717) is 22.5 Å². The predicted octanol–water partition coefficient (Wildman–Crippen LogP) is 2.23. The van der Waals surface area contributed by atoms with Crippen LogP contribution >= 0.6 is 15.9 Å². The summed E-state index contributed by atoms with van der Waals surface area (Å²) in [4.78, 5) is 43.1. The molecule has 2 N–H and O–H groups in total. The number of imidazole rings is 1. The van der Waals surface area contributed by atoms with Gasteiger partial charge in [-0.25, -0.2) is 9.78 Å². The van der Waals surface area contributed by atoms with Gasteiger partial charge in [0.25, 0.3) is 5.56 Å². The van der Waals surface area contributed by atoms with Crippen LogP contribution in [0.2, 0.25) is 0 Å². The molecule has 0 aliphatic heterocycles. The number of carbonyl (C=O) groups excluding carboxylic acids is 1. The molecule has 1 aliphatic carbocycles. The van der Waals surface area contributed by atoms with E-state index >= 15 is 0 Å². The summed E-state index contributed by atoms with van der Waals surface area (Å²) in [5.41, 5.74) is 7.13. The maximum Gasteiger partial charge on any atom is 0.332 e. The molecule has 0 spiro atoms. The molecular weight excluding hydrogens is 438 g/mol. The number of Topliss-reactive ketones (excluding diaryl/α,β-unsaturated/α-hetero) is 1. The molecule has 29 heavy (non-hydrogen) atoms. The maximum atomic E-state index is 13.2. The summed E-state index contributed by atoms with van der Waals surface area (Å²) in [6.07, 6.45) is 5.25. The first-order chi connectivity index (χ1) is 13.9. The smallest absolute Gasteiger partial charge is 0.332 e. The third kappa shape index (κ3) is 3.35. The van der Waals surface area contributed by atoms with Crippen molar-refractivity contribution in [3.8, 4) is 0 Å². The van der Waals surface area contributed by atoms with Gasteiger partial charge in [-0.15, -0.1) is 0 Å². The second-order valence-electron chi connectivity index (χ2n) is 7.14. The summed E-state index contributed by atoms with van der Waals surface area (Å²) in [6, 6.07) is 6.60. The highest BCUT2D eigenvalue weighted by Gasteiger charge is 2.22. The fraction of sp³-hybridized carbons (Fsp3) is 0.300. The summed E-state index contributed by atoms with van der Waals surface area (Å²) in [5, 5.41) is 0. The minimum Gasteiger partial charge on any atom is -0.398 e. The minimum absolute atomic E-state index is 0.285. The van der Waals surface area contributed by atoms with E-state index in [1.165, 1.54) is 10.1 Å². The quantitative estimate of drug-likeness (QED) is 0.273. The van der Waals surface area contributed by atoms with Gasteiger partial charge in [-0.3, -0.25) is 18.7 Å². The molecule has 0 bridgehead atoms. The highest BCUT2D eigenvalue weighted by molar-refractivity contribution is 9.10. The largest absolute Gasteiger partial charge is 0.398 e. The molecule has 0 fully saturated rings. The first-order valence-corrected chi connectivity index (χ1v) is 10.1. The number of carbonyl (C=O) groups is 1. The predicted molar refractivity (Wildman–Crippen MR) is 114 cm³/mol. The van der Waals surface area contributed by atoms with Crippen LogP contribution in [0.15, 0.2) is 50.2 Å². The maximum absolute atomic E-state index is 13.2. The van der Waals surface area contributed by atoms with E-state index in [0.717, 1.165) is 23.8 Å². The number of aromatic nitrogens is 4. The molecule has 2 aromatic heterocycles. The Bertz CT molecular complexity index is 1280. The zero-order chi connectivity index (χ0) is 20.7. The molecule has 0 radical (unpaired) electrons. The monoisotopic (exact) mass is 457 g/mol. The van der Waals surface area contributed by atoms with E-state index in [-0.39, 0.29) is 17.8 Å². The van der Waals surface area contributed by atoms with Crippen LogP contribution in [-0.2, 0) is 20.1 Å². The van der Waals surface area contributed by atoms with Crippen molar-refractivity contribution in [1.82, 2.24) is 18.7 Å². The molecule has 9 heteroatoms. The lowest BCUT2D eigenvalue weighted by molar-refractivity contribution is 0.0969. The Morgan fingerprint density at radius 3 is 2.69 bits per heavy atom. The number of anilines is 1. The van der Waals surface area contributed by atoms with Gasteiger partial charge < -0.3 is 10.3 Å². The molecule has 3 aromatic rings. The molecule has 0 saturated carbocycles. The van der Waals surface area contributed by atoms with Gasteiger partial charge in [0.1, 0.15) is 0 Å². The number of ketones is 1. The number of nitrogens with zero attached hydrogens (tertiary/aromatic N) is 4. The third-order valence-corrected chi connectivity index (χ3v) is 5.85. The highest BCUT2D eigenvalue weighted by atomic mass is 79.9. The van der Waals surface area contributed by atoms with Crippen molar-refractivity contribution < 1.29 is 4.79 Å². The number of halogens is 1. The molecule has 4 rings (SSSR count). The first-order valence-electron chi connectivity index (χ1n) is 9.29. The van der Waals surface area contributed by atoms with Crippen LogP contribution in [0.4, 0.5) is 5.69 Å². The van der Waals surface area contributed by atoms with E-state index in [2.05, 4.69) is 27.0 Å². The number of aryl methyl sites for hydroxylation is 1. The highest BCUT2D eigenvalue weighted by Crippen LogP contribution is 2.24. The van der Waals surface area contributed by atoms with E-state index in [1.54, 1.807) is 35.9 Å². The summed E-state index contributed by atoms with van der Waals surface area (Å²) in [6.45, 7) is 0.130. The van der Waals surface area contributed by atoms with Crippen LogP contribution in [0, 0.1) is 0 Å². The van der Waals surface area contributed by atoms with Crippen LogP contribution in [0.25, 0.3) is 11.2 Å². The number of rotatable bonds is 5. The lowest BCUT2D eigenvalue weighted by Crippen LogP contribution is -2.41. The second kappa shape index (κ2) is 7.47. The van der Waals surface area contributed by atoms with E-state index in [9.17, 15) is 14.4 Å². The van der Waals surface area contributed by atoms with Crippen molar-refractivity contribution in [2.24, 2.45) is 7.05 Å². The Kier molecular flexibility index (Phi) is 4.99. The van der Waals surface area contributed by atoms with E-state index in [1.807, 2.05) is 0 Å². The Morgan fingerprint density at radius 1 is 1.24 bits per heavy atom. The number of hydrogen-bond acceptors (Lipinski definition) is 5. The average molecular weight is 458 g/mol. The average Bonchev–Trinajstić information content (AvgIpc) is 3.32. The number of para-hydroxylation sites is 1. The zero-order valence-electron chi connectivity index (χ0n) is 15.9. The van der Waals surface area contributed by atoms with Gasteiger partial charge in [0.15, 0.2) is 21.7 Å². The summed E-state index contributed by atoms with van der Waals surface area (Å²) in [5.74, 6) is -0.398. The Labute approximate surface area is 174 Å². The minimum atomic E-state index is -0.595. The summed E-state index contributed by atoms with van der Waals surface area (Å²) < 4.78 is 4.48. The standard InChI is InChI=1S/C20H20BrN5O3/c1-24-17-16(25(19(21)23-17)10-12-6-2-3-7-12)18(28)26(20(24)29)11-15(27)13-8-4-5-9-14(13)22/h4-6,8-9H,2-3,7,10-11,22H2,1H3. The molecular formula is C20H20BrN5O3. The second-order valence-corrected chi connectivity index (χ2v) is 7.85. The molecule has 8 nitrogen and oxygen atoms in total. The van der Waals surface area contributed by atoms with Gasteiger partial charge in [-0.2, -0.15) is 0 Å². The van der Waals surface area contributed by atoms with Crippen molar-refractivity contribution in [2.75, 3.05) is 5.73 Å². The number of nitrogens with two attached hydrogens (primary N) is 1. The number of hydrogen-bond donors (Lipinski definition) is 1. The van der Waals surface area contributed by atoms with Crippen LogP contribution < -0.4 is 17.0 Å². The number of fused-ring (bicyclic) bond motifs is 1. The van der Waals surface area contributed by atoms with Crippen molar-refractivity contribution >= 4 is 38.6 Å². The van der Waals surface area contributed by atoms with Crippen LogP contribution in [0.3, 0.4) is 0 Å². The number of benzene rings is 1. The topological polar surface area (TPSA) is 105 Å². The first kappa shape index (κ1) is 19.4. The van der Waals surface area contributed by atoms with Crippen molar-refractivity contribution in [3.05, 3.63) is 67.0 Å². The Hall–Kier alpha value is -2.94. The molecule has 0 saturated heterocycles. The van der Waals surface area contributed by atoms with E-state index in [4.69, 9.17) is 5.73 Å². The molecule has 1 aliphatic rings. The fourth-order valence-electron chi connectivity index (χ4n) is 3.69. The summed E-state index contributed by atoms with van der Waals surface area (Å²) >= 11 is 3.41. The van der Waals surface area contributed by atoms with Gasteiger partial charge in [-0.05, 0) is 47.3 Å². The van der Waals surface area contributed by atoms with Gasteiger partial charge in [0, 0.05) is 24.8 Å². The molecule has 2 heterocycles. The molecule has 0 atom stereocenters. The zero-order valence-corrected chi connectivity index (χ0v) is 17.5. The SMILES string of the molecule is Cn1c(=O)n(CC(=O)c2ccccc2N)c(=O)c2c1nc(Br)n2CC1=CCCC1. The molecule has 1 aromatic carbocycles. The van der Waals surface area contributed by atoms with Crippen LogP contribution in [-0.4, -0.2) is 24.5 Å². The van der Waals surface area contributed by atoms with Crippen LogP contribution in [0.5, 0.6) is 0 Å². The molecule has 150 valence electrons. The van der Waals surface area contributed by atoms with Gasteiger partial charge in [-0.1, -0.05) is 23.8 Å². The van der Waals surface area contributed by atoms with Crippen molar-refractivity contribution in [2.45, 2.75) is 32.4 Å². The van der Waals surface area contributed by atoms with Gasteiger partial charge in [0.2, 0.25) is 0 Å². The molecule has 0 amide bonds. The molecule has 0 unspecified atom stereocenters. The Balaban J connectivity index is 1.84. The van der Waals surface area contributed by atoms with Gasteiger partial charge in [0.05, 0.1) is 6.54 Å². The van der Waals surface area contributed by atoms with Crippen LogP contribution in [0.1, 0.15) is 29.6 Å². The van der Waals surface area contributed by atoms with Gasteiger partial charge >= 0.3 is 5.69 Å². The lowest BCUT2D eigenvalue weighted by atomic mass is 10.1. The number of nitrogen functional groups attached to an aromatic ring is 1. The van der Waals surface area contributed by atoms with Crippen molar-refractivity contribution in [1.29, 1.82) is 0 Å². The fourth-order valence-corrected chi connectivity index (χ4v) is 4.16. The van der Waals surface area contributed by atoms with E-state index < -0.39 is 17.0 Å². The van der Waals surface area contributed by atoms with Crippen molar-refractivity contribution in [3.63, 3.8) is 0 Å². The number of allylic oxidation sites excluding steroid dienone is 2. The lowest BCUT2D eigenvalue weighted by Gasteiger charge is -2.11.